The molecule has 0 saturated carbocycles. The van der Waals surface area contributed by atoms with Crippen LogP contribution in [0.5, 0.6) is 0 Å². The minimum absolute atomic E-state index is 0.0681. The van der Waals surface area contributed by atoms with Gasteiger partial charge >= 0.3 is 0 Å². The van der Waals surface area contributed by atoms with Gasteiger partial charge in [0.15, 0.2) is 0 Å². The van der Waals surface area contributed by atoms with Crippen molar-refractivity contribution < 1.29 is 0 Å². The molecule has 1 aromatic carbocycles. The highest BCUT2D eigenvalue weighted by molar-refractivity contribution is 7.05. The molecule has 102 valence electrons. The van der Waals surface area contributed by atoms with Crippen LogP contribution in [0.3, 0.4) is 0 Å². The third kappa shape index (κ3) is 3.18. The Morgan fingerprint density at radius 2 is 2.05 bits per heavy atom. The number of aryl methyl sites for hydroxylation is 1. The van der Waals surface area contributed by atoms with Gasteiger partial charge in [-0.05, 0) is 41.9 Å². The lowest BCUT2D eigenvalue weighted by atomic mass is 9.98. The molecule has 5 heteroatoms. The van der Waals surface area contributed by atoms with E-state index in [0.717, 1.165) is 17.0 Å². The van der Waals surface area contributed by atoms with Crippen molar-refractivity contribution in [1.82, 2.24) is 15.0 Å². The topological polar surface area (TPSA) is 63.8 Å². The SMILES string of the molecule is Cc1ccccc1CC(NN)c1snnc1C(C)C. The molecule has 4 nitrogen and oxygen atoms in total. The molecule has 0 bridgehead atoms. The van der Waals surface area contributed by atoms with Crippen LogP contribution in [0.25, 0.3) is 0 Å². The fourth-order valence-electron chi connectivity index (χ4n) is 2.13. The van der Waals surface area contributed by atoms with Gasteiger partial charge in [-0.2, -0.15) is 0 Å². The van der Waals surface area contributed by atoms with Gasteiger partial charge in [-0.15, -0.1) is 5.10 Å². The van der Waals surface area contributed by atoms with E-state index in [2.05, 4.69) is 60.0 Å². The highest BCUT2D eigenvalue weighted by atomic mass is 32.1. The van der Waals surface area contributed by atoms with E-state index < -0.39 is 0 Å². The second kappa shape index (κ2) is 6.23. The van der Waals surface area contributed by atoms with Crippen LogP contribution < -0.4 is 11.3 Å². The molecule has 0 fully saturated rings. The van der Waals surface area contributed by atoms with Gasteiger partial charge in [-0.1, -0.05) is 42.6 Å². The fourth-order valence-corrected chi connectivity index (χ4v) is 3.00. The number of nitrogens with one attached hydrogen (secondary N) is 1. The van der Waals surface area contributed by atoms with Crippen LogP contribution in [0.4, 0.5) is 0 Å². The Bertz CT molecular complexity index is 536. The molecule has 0 spiro atoms. The minimum Gasteiger partial charge on any atom is -0.271 e. The molecule has 2 rings (SSSR count). The summed E-state index contributed by atoms with van der Waals surface area (Å²) in [4.78, 5) is 1.14. The number of rotatable bonds is 5. The van der Waals surface area contributed by atoms with Gasteiger partial charge in [0, 0.05) is 0 Å². The maximum Gasteiger partial charge on any atom is 0.0829 e. The molecule has 0 aliphatic heterocycles. The van der Waals surface area contributed by atoms with Crippen LogP contribution in [0.1, 0.15) is 47.5 Å². The van der Waals surface area contributed by atoms with Crippen molar-refractivity contribution in [2.75, 3.05) is 0 Å². The molecule has 19 heavy (non-hydrogen) atoms. The number of benzene rings is 1. The lowest BCUT2D eigenvalue weighted by molar-refractivity contribution is 0.550. The molecular formula is C14H20N4S. The lowest BCUT2D eigenvalue weighted by Crippen LogP contribution is -2.30. The van der Waals surface area contributed by atoms with Gasteiger partial charge in [0.1, 0.15) is 0 Å². The molecular weight excluding hydrogens is 256 g/mol. The molecule has 0 aliphatic carbocycles. The largest absolute Gasteiger partial charge is 0.271 e. The number of nitrogens with zero attached hydrogens (tertiary/aromatic N) is 2. The first kappa shape index (κ1) is 14.1. The van der Waals surface area contributed by atoms with Crippen LogP contribution >= 0.6 is 11.5 Å². The zero-order valence-electron chi connectivity index (χ0n) is 11.6. The Labute approximate surface area is 118 Å². The first-order chi connectivity index (χ1) is 9.13. The fraction of sp³-hybridized carbons (Fsp3) is 0.429. The molecule has 0 radical (unpaired) electrons. The summed E-state index contributed by atoms with van der Waals surface area (Å²) in [5, 5.41) is 4.22. The average Bonchev–Trinajstić information content (AvgIpc) is 2.87. The summed E-state index contributed by atoms with van der Waals surface area (Å²) in [6.45, 7) is 6.38. The summed E-state index contributed by atoms with van der Waals surface area (Å²) >= 11 is 1.43. The van der Waals surface area contributed by atoms with E-state index in [4.69, 9.17) is 5.84 Å². The zero-order chi connectivity index (χ0) is 13.8. The van der Waals surface area contributed by atoms with Gasteiger partial charge in [-0.25, -0.2) is 0 Å². The van der Waals surface area contributed by atoms with Crippen LogP contribution in [-0.4, -0.2) is 9.59 Å². The van der Waals surface area contributed by atoms with Crippen molar-refractivity contribution in [2.45, 2.75) is 39.2 Å². The van der Waals surface area contributed by atoms with Crippen molar-refractivity contribution in [3.63, 3.8) is 0 Å². The quantitative estimate of drug-likeness (QED) is 0.651. The van der Waals surface area contributed by atoms with E-state index >= 15 is 0 Å². The van der Waals surface area contributed by atoms with E-state index in [1.165, 1.54) is 22.7 Å². The van der Waals surface area contributed by atoms with Crippen LogP contribution in [0, 0.1) is 6.92 Å². The van der Waals surface area contributed by atoms with E-state index in [1.807, 2.05) is 0 Å². The summed E-state index contributed by atoms with van der Waals surface area (Å²) < 4.78 is 4.07. The molecule has 0 amide bonds. The second-order valence-electron chi connectivity index (χ2n) is 5.03. The third-order valence-corrected chi connectivity index (χ3v) is 4.14. The maximum atomic E-state index is 5.73. The summed E-state index contributed by atoms with van der Waals surface area (Å²) in [7, 11) is 0. The van der Waals surface area contributed by atoms with Crippen LogP contribution in [-0.2, 0) is 6.42 Å². The van der Waals surface area contributed by atoms with Crippen molar-refractivity contribution in [2.24, 2.45) is 5.84 Å². The number of aromatic nitrogens is 2. The number of nitrogens with two attached hydrogens (primary N) is 1. The van der Waals surface area contributed by atoms with Gasteiger partial charge in [0.05, 0.1) is 16.6 Å². The monoisotopic (exact) mass is 276 g/mol. The smallest absolute Gasteiger partial charge is 0.0829 e. The molecule has 1 aromatic heterocycles. The van der Waals surface area contributed by atoms with Crippen molar-refractivity contribution in [3.8, 4) is 0 Å². The Hall–Kier alpha value is -1.30. The molecule has 0 saturated heterocycles. The standard InChI is InChI=1S/C14H20N4S/c1-9(2)13-14(19-18-17-13)12(16-15)8-11-7-5-4-6-10(11)3/h4-7,9,12,16H,8,15H2,1-3H3. The molecule has 2 aromatic rings. The molecule has 1 atom stereocenters. The van der Waals surface area contributed by atoms with Gasteiger partial charge in [0.2, 0.25) is 0 Å². The Morgan fingerprint density at radius 3 is 2.68 bits per heavy atom. The van der Waals surface area contributed by atoms with Crippen LogP contribution in [0.15, 0.2) is 24.3 Å². The summed E-state index contributed by atoms with van der Waals surface area (Å²) in [6, 6.07) is 8.45. The predicted molar refractivity (Wildman–Crippen MR) is 78.9 cm³/mol. The predicted octanol–water partition coefficient (Wildman–Crippen LogP) is 2.72. The second-order valence-corrected chi connectivity index (χ2v) is 5.81. The summed E-state index contributed by atoms with van der Waals surface area (Å²) in [5.74, 6) is 6.09. The maximum absolute atomic E-state index is 5.73. The van der Waals surface area contributed by atoms with E-state index in [9.17, 15) is 0 Å². The van der Waals surface area contributed by atoms with Gasteiger partial charge < -0.3 is 0 Å². The average molecular weight is 276 g/mol. The first-order valence-corrected chi connectivity index (χ1v) is 7.23. The van der Waals surface area contributed by atoms with Crippen molar-refractivity contribution in [3.05, 3.63) is 46.0 Å². The Kier molecular flexibility index (Phi) is 4.63. The zero-order valence-corrected chi connectivity index (χ0v) is 12.4. The van der Waals surface area contributed by atoms with Crippen molar-refractivity contribution in [1.29, 1.82) is 0 Å². The van der Waals surface area contributed by atoms with Crippen LogP contribution in [0.2, 0.25) is 0 Å². The number of hydrogen-bond acceptors (Lipinski definition) is 5. The molecule has 0 aliphatic rings. The third-order valence-electron chi connectivity index (χ3n) is 3.29. The Balaban J connectivity index is 2.26. The lowest BCUT2D eigenvalue weighted by Gasteiger charge is -2.17. The van der Waals surface area contributed by atoms with E-state index in [-0.39, 0.29) is 6.04 Å². The highest BCUT2D eigenvalue weighted by Crippen LogP contribution is 2.28. The Morgan fingerprint density at radius 1 is 1.32 bits per heavy atom. The number of hydrazine groups is 1. The van der Waals surface area contributed by atoms with Crippen molar-refractivity contribution >= 4 is 11.5 Å². The van der Waals surface area contributed by atoms with E-state index in [1.54, 1.807) is 0 Å². The minimum atomic E-state index is 0.0681. The molecule has 1 heterocycles. The molecule has 3 N–H and O–H groups in total. The first-order valence-electron chi connectivity index (χ1n) is 6.46. The molecule has 1 unspecified atom stereocenters. The van der Waals surface area contributed by atoms with Gasteiger partial charge in [0.25, 0.3) is 0 Å². The normalized spacial score (nSPS) is 12.9. The highest BCUT2D eigenvalue weighted by Gasteiger charge is 2.20. The summed E-state index contributed by atoms with van der Waals surface area (Å²) in [6.07, 6.45) is 0.854. The number of hydrogen-bond donors (Lipinski definition) is 2. The van der Waals surface area contributed by atoms with Gasteiger partial charge in [-0.3, -0.25) is 11.3 Å². The summed E-state index contributed by atoms with van der Waals surface area (Å²) in [5.41, 5.74) is 6.53. The van der Waals surface area contributed by atoms with E-state index in [0.29, 0.717) is 5.92 Å².